The van der Waals surface area contributed by atoms with Gasteiger partial charge >= 0.3 is 0 Å². The molecule has 0 aromatic heterocycles. The third-order valence-corrected chi connectivity index (χ3v) is 3.65. The molecule has 0 heterocycles. The number of aryl methyl sites for hydroxylation is 1. The van der Waals surface area contributed by atoms with Crippen LogP contribution in [0, 0.1) is 11.6 Å². The normalized spacial score (nSPS) is 10.4. The van der Waals surface area contributed by atoms with Crippen LogP contribution in [-0.4, -0.2) is 5.91 Å². The summed E-state index contributed by atoms with van der Waals surface area (Å²) in [5.74, 6) is -0.817. The SMILES string of the molecule is O=C(CCc1cccc(F)c1)NCc1ccc(Br)c(F)c1. The number of amides is 1. The molecule has 2 aromatic rings. The molecule has 1 amide bonds. The number of halogens is 3. The Morgan fingerprint density at radius 1 is 1.10 bits per heavy atom. The molecular weight excluding hydrogens is 340 g/mol. The van der Waals surface area contributed by atoms with Gasteiger partial charge in [-0.15, -0.1) is 0 Å². The summed E-state index contributed by atoms with van der Waals surface area (Å²) < 4.78 is 26.7. The fraction of sp³-hybridized carbons (Fsp3) is 0.188. The van der Waals surface area contributed by atoms with Gasteiger partial charge in [-0.2, -0.15) is 0 Å². The molecular formula is C16H14BrF2NO. The van der Waals surface area contributed by atoms with Gasteiger partial charge in [0.25, 0.3) is 0 Å². The van der Waals surface area contributed by atoms with Gasteiger partial charge in [-0.3, -0.25) is 4.79 Å². The first-order chi connectivity index (χ1) is 10.0. The van der Waals surface area contributed by atoms with Gasteiger partial charge in [-0.1, -0.05) is 18.2 Å². The van der Waals surface area contributed by atoms with Crippen LogP contribution in [0.3, 0.4) is 0 Å². The Balaban J connectivity index is 1.80. The summed E-state index contributed by atoms with van der Waals surface area (Å²) in [7, 11) is 0. The highest BCUT2D eigenvalue weighted by molar-refractivity contribution is 9.10. The summed E-state index contributed by atoms with van der Waals surface area (Å²) in [5, 5.41) is 2.72. The number of carbonyl (C=O) groups excluding carboxylic acids is 1. The topological polar surface area (TPSA) is 29.1 Å². The lowest BCUT2D eigenvalue weighted by molar-refractivity contribution is -0.121. The molecule has 0 fully saturated rings. The summed E-state index contributed by atoms with van der Waals surface area (Å²) in [4.78, 5) is 11.7. The van der Waals surface area contributed by atoms with E-state index in [1.807, 2.05) is 0 Å². The first-order valence-electron chi connectivity index (χ1n) is 6.49. The molecule has 0 atom stereocenters. The van der Waals surface area contributed by atoms with Gasteiger partial charge in [0.1, 0.15) is 11.6 Å². The molecule has 0 saturated heterocycles. The molecule has 0 saturated carbocycles. The second-order valence-corrected chi connectivity index (χ2v) is 5.51. The van der Waals surface area contributed by atoms with E-state index in [0.717, 1.165) is 5.56 Å². The van der Waals surface area contributed by atoms with Crippen molar-refractivity contribution >= 4 is 21.8 Å². The van der Waals surface area contributed by atoms with E-state index in [0.29, 0.717) is 16.5 Å². The van der Waals surface area contributed by atoms with Crippen LogP contribution in [0.5, 0.6) is 0 Å². The minimum atomic E-state index is -0.360. The molecule has 21 heavy (non-hydrogen) atoms. The highest BCUT2D eigenvalue weighted by Gasteiger charge is 2.05. The van der Waals surface area contributed by atoms with Crippen LogP contribution >= 0.6 is 15.9 Å². The zero-order chi connectivity index (χ0) is 15.2. The predicted molar refractivity (Wildman–Crippen MR) is 80.7 cm³/mol. The highest BCUT2D eigenvalue weighted by atomic mass is 79.9. The number of rotatable bonds is 5. The third-order valence-electron chi connectivity index (χ3n) is 3.00. The van der Waals surface area contributed by atoms with Crippen molar-refractivity contribution in [3.05, 3.63) is 69.7 Å². The maximum Gasteiger partial charge on any atom is 0.220 e. The monoisotopic (exact) mass is 353 g/mol. The van der Waals surface area contributed by atoms with E-state index < -0.39 is 0 Å². The largest absolute Gasteiger partial charge is 0.352 e. The molecule has 0 bridgehead atoms. The van der Waals surface area contributed by atoms with Gasteiger partial charge in [-0.25, -0.2) is 8.78 Å². The van der Waals surface area contributed by atoms with Crippen molar-refractivity contribution in [2.24, 2.45) is 0 Å². The molecule has 0 aliphatic carbocycles. The van der Waals surface area contributed by atoms with E-state index in [4.69, 9.17) is 0 Å². The van der Waals surface area contributed by atoms with Crippen molar-refractivity contribution in [1.29, 1.82) is 0 Å². The molecule has 0 aliphatic heterocycles. The first kappa shape index (κ1) is 15.6. The molecule has 0 radical (unpaired) electrons. The van der Waals surface area contributed by atoms with Gasteiger partial charge in [-0.05, 0) is 57.7 Å². The summed E-state index contributed by atoms with van der Waals surface area (Å²) in [6.07, 6.45) is 0.737. The number of benzene rings is 2. The average molecular weight is 354 g/mol. The summed E-state index contributed by atoms with van der Waals surface area (Å²) in [6.45, 7) is 0.270. The van der Waals surface area contributed by atoms with Crippen molar-refractivity contribution in [3.8, 4) is 0 Å². The Hall–Kier alpha value is -1.75. The quantitative estimate of drug-likeness (QED) is 0.865. The van der Waals surface area contributed by atoms with Crippen molar-refractivity contribution < 1.29 is 13.6 Å². The Morgan fingerprint density at radius 2 is 1.90 bits per heavy atom. The zero-order valence-electron chi connectivity index (χ0n) is 11.2. The van der Waals surface area contributed by atoms with Crippen molar-refractivity contribution in [2.75, 3.05) is 0 Å². The Kier molecular flexibility index (Phi) is 5.44. The zero-order valence-corrected chi connectivity index (χ0v) is 12.8. The second kappa shape index (κ2) is 7.31. The molecule has 5 heteroatoms. The Labute approximate surface area is 130 Å². The van der Waals surface area contributed by atoms with E-state index >= 15 is 0 Å². The molecule has 0 aliphatic rings. The Morgan fingerprint density at radius 3 is 2.62 bits per heavy atom. The maximum absolute atomic E-state index is 13.3. The van der Waals surface area contributed by atoms with Crippen molar-refractivity contribution in [2.45, 2.75) is 19.4 Å². The number of hydrogen-bond donors (Lipinski definition) is 1. The summed E-state index contributed by atoms with van der Waals surface area (Å²) >= 11 is 3.07. The lowest BCUT2D eigenvalue weighted by Gasteiger charge is -2.06. The standard InChI is InChI=1S/C16H14BrF2NO/c17-14-6-4-12(9-15(14)19)10-20-16(21)7-5-11-2-1-3-13(18)8-11/h1-4,6,8-9H,5,7,10H2,(H,20,21). The van der Waals surface area contributed by atoms with Gasteiger partial charge in [0.2, 0.25) is 5.91 Å². The second-order valence-electron chi connectivity index (χ2n) is 4.66. The molecule has 2 aromatic carbocycles. The molecule has 0 spiro atoms. The lowest BCUT2D eigenvalue weighted by Crippen LogP contribution is -2.23. The lowest BCUT2D eigenvalue weighted by atomic mass is 10.1. The fourth-order valence-corrected chi connectivity index (χ4v) is 2.14. The number of carbonyl (C=O) groups is 1. The van der Waals surface area contributed by atoms with E-state index in [2.05, 4.69) is 21.2 Å². The van der Waals surface area contributed by atoms with Crippen molar-refractivity contribution in [3.63, 3.8) is 0 Å². The summed E-state index contributed by atoms with van der Waals surface area (Å²) in [6, 6.07) is 10.9. The highest BCUT2D eigenvalue weighted by Crippen LogP contribution is 2.16. The van der Waals surface area contributed by atoms with Gasteiger partial charge in [0.05, 0.1) is 4.47 Å². The molecule has 2 rings (SSSR count). The van der Waals surface area contributed by atoms with Gasteiger partial charge in [0.15, 0.2) is 0 Å². The third kappa shape index (κ3) is 4.93. The maximum atomic E-state index is 13.3. The minimum absolute atomic E-state index is 0.150. The van der Waals surface area contributed by atoms with E-state index in [1.165, 1.54) is 18.2 Å². The van der Waals surface area contributed by atoms with E-state index in [-0.39, 0.29) is 30.5 Å². The smallest absolute Gasteiger partial charge is 0.220 e. The molecule has 2 nitrogen and oxygen atoms in total. The van der Waals surface area contributed by atoms with E-state index in [1.54, 1.807) is 24.3 Å². The van der Waals surface area contributed by atoms with Crippen LogP contribution in [0.4, 0.5) is 8.78 Å². The molecule has 110 valence electrons. The Bertz CT molecular complexity index is 646. The van der Waals surface area contributed by atoms with Gasteiger partial charge < -0.3 is 5.32 Å². The number of nitrogens with one attached hydrogen (secondary N) is 1. The van der Waals surface area contributed by atoms with Gasteiger partial charge in [0, 0.05) is 13.0 Å². The van der Waals surface area contributed by atoms with Crippen LogP contribution in [0.1, 0.15) is 17.5 Å². The molecule has 1 N–H and O–H groups in total. The fourth-order valence-electron chi connectivity index (χ4n) is 1.89. The summed E-state index contributed by atoms with van der Waals surface area (Å²) in [5.41, 5.74) is 1.47. The predicted octanol–water partition coefficient (Wildman–Crippen LogP) is 3.98. The minimum Gasteiger partial charge on any atom is -0.352 e. The average Bonchev–Trinajstić information content (AvgIpc) is 2.46. The van der Waals surface area contributed by atoms with Crippen LogP contribution in [0.15, 0.2) is 46.9 Å². The van der Waals surface area contributed by atoms with Crippen LogP contribution in [0.2, 0.25) is 0 Å². The van der Waals surface area contributed by atoms with Crippen LogP contribution < -0.4 is 5.32 Å². The first-order valence-corrected chi connectivity index (χ1v) is 7.29. The van der Waals surface area contributed by atoms with E-state index in [9.17, 15) is 13.6 Å². The molecule has 0 unspecified atom stereocenters. The van der Waals surface area contributed by atoms with Crippen LogP contribution in [-0.2, 0) is 17.8 Å². The van der Waals surface area contributed by atoms with Crippen molar-refractivity contribution in [1.82, 2.24) is 5.32 Å². The van der Waals surface area contributed by atoms with Crippen LogP contribution in [0.25, 0.3) is 0 Å². The number of hydrogen-bond acceptors (Lipinski definition) is 1.